The predicted octanol–water partition coefficient (Wildman–Crippen LogP) is 4.72. The smallest absolute Gasteiger partial charge is 0.164 e. The lowest BCUT2D eigenvalue weighted by Crippen LogP contribution is -2.11. The van der Waals surface area contributed by atoms with Crippen molar-refractivity contribution in [1.82, 2.24) is 0 Å². The summed E-state index contributed by atoms with van der Waals surface area (Å²) in [6.45, 7) is 10.2. The number of Topliss-reactive ketones (excluding diaryl/α,β-unsaturated/α-hetero) is 1. The summed E-state index contributed by atoms with van der Waals surface area (Å²) in [6, 6.07) is 3.93. The van der Waals surface area contributed by atoms with Crippen LogP contribution in [-0.2, 0) is 0 Å². The van der Waals surface area contributed by atoms with Gasteiger partial charge in [0.15, 0.2) is 5.78 Å². The maximum atomic E-state index is 12.0. The molecule has 0 heterocycles. The van der Waals surface area contributed by atoms with Gasteiger partial charge in [-0.05, 0) is 49.9 Å². The van der Waals surface area contributed by atoms with Crippen LogP contribution in [-0.4, -0.2) is 17.8 Å². The number of ether oxygens (including phenoxy) is 1. The first-order valence-electron chi connectivity index (χ1n) is 6.77. The van der Waals surface area contributed by atoms with Gasteiger partial charge in [0, 0.05) is 17.9 Å². The van der Waals surface area contributed by atoms with E-state index in [2.05, 4.69) is 13.8 Å². The molecule has 0 unspecified atom stereocenters. The van der Waals surface area contributed by atoms with Gasteiger partial charge in [-0.15, -0.1) is 11.6 Å². The Balaban J connectivity index is 3.24. The van der Waals surface area contributed by atoms with Gasteiger partial charge >= 0.3 is 0 Å². The van der Waals surface area contributed by atoms with Crippen molar-refractivity contribution < 1.29 is 9.53 Å². The maximum absolute atomic E-state index is 12.0. The van der Waals surface area contributed by atoms with E-state index in [1.165, 1.54) is 0 Å². The van der Waals surface area contributed by atoms with Crippen molar-refractivity contribution in [1.29, 1.82) is 0 Å². The van der Waals surface area contributed by atoms with Crippen LogP contribution >= 0.6 is 11.6 Å². The van der Waals surface area contributed by atoms with Crippen molar-refractivity contribution in [3.8, 4) is 5.75 Å². The number of halogens is 1. The Morgan fingerprint density at radius 1 is 1.26 bits per heavy atom. The van der Waals surface area contributed by atoms with E-state index in [0.717, 1.165) is 22.4 Å². The zero-order valence-corrected chi connectivity index (χ0v) is 13.2. The SMILES string of the molecule is Cc1cc(OC(C)C)c(C(C)C)cc1C(=O)CCCl. The highest BCUT2D eigenvalue weighted by molar-refractivity contribution is 6.19. The average Bonchev–Trinajstić information content (AvgIpc) is 2.27. The van der Waals surface area contributed by atoms with Gasteiger partial charge < -0.3 is 4.74 Å². The number of hydrogen-bond acceptors (Lipinski definition) is 2. The fourth-order valence-electron chi connectivity index (χ4n) is 2.03. The normalized spacial score (nSPS) is 11.2. The number of alkyl halides is 1. The lowest BCUT2D eigenvalue weighted by Gasteiger charge is -2.19. The first kappa shape index (κ1) is 16.0. The second-order valence-corrected chi connectivity index (χ2v) is 5.77. The molecule has 0 amide bonds. The zero-order chi connectivity index (χ0) is 14.6. The van der Waals surface area contributed by atoms with E-state index in [1.54, 1.807) is 0 Å². The van der Waals surface area contributed by atoms with Crippen LogP contribution in [0.5, 0.6) is 5.75 Å². The number of rotatable bonds is 6. The molecular weight excluding hydrogens is 260 g/mol. The fraction of sp³-hybridized carbons (Fsp3) is 0.562. The van der Waals surface area contributed by atoms with E-state index in [4.69, 9.17) is 16.3 Å². The zero-order valence-electron chi connectivity index (χ0n) is 12.4. The molecule has 0 radical (unpaired) electrons. The van der Waals surface area contributed by atoms with Crippen molar-refractivity contribution in [2.24, 2.45) is 0 Å². The van der Waals surface area contributed by atoms with Gasteiger partial charge in [-0.3, -0.25) is 4.79 Å². The molecule has 19 heavy (non-hydrogen) atoms. The first-order chi connectivity index (χ1) is 8.86. The Bertz CT molecular complexity index is 450. The molecule has 0 fully saturated rings. The summed E-state index contributed by atoms with van der Waals surface area (Å²) in [6.07, 6.45) is 0.505. The van der Waals surface area contributed by atoms with Crippen LogP contribution in [0.3, 0.4) is 0 Å². The highest BCUT2D eigenvalue weighted by atomic mass is 35.5. The van der Waals surface area contributed by atoms with Gasteiger partial charge in [-0.2, -0.15) is 0 Å². The third kappa shape index (κ3) is 4.24. The van der Waals surface area contributed by atoms with Crippen molar-refractivity contribution in [3.05, 3.63) is 28.8 Å². The summed E-state index contributed by atoms with van der Waals surface area (Å²) in [5, 5.41) is 0. The monoisotopic (exact) mass is 282 g/mol. The van der Waals surface area contributed by atoms with Gasteiger partial charge in [0.25, 0.3) is 0 Å². The standard InChI is InChI=1S/C16H23ClO2/c1-10(2)13-9-14(15(18)6-7-17)12(5)8-16(13)19-11(3)4/h8-11H,6-7H2,1-5H3. The van der Waals surface area contributed by atoms with Gasteiger partial charge in [0.05, 0.1) is 6.10 Å². The molecule has 0 saturated carbocycles. The van der Waals surface area contributed by atoms with Gasteiger partial charge in [-0.1, -0.05) is 13.8 Å². The summed E-state index contributed by atoms with van der Waals surface area (Å²) in [4.78, 5) is 12.0. The third-order valence-corrected chi connectivity index (χ3v) is 3.15. The number of hydrogen-bond donors (Lipinski definition) is 0. The first-order valence-corrected chi connectivity index (χ1v) is 7.30. The molecule has 0 bridgehead atoms. The van der Waals surface area contributed by atoms with Crippen LogP contribution in [0.15, 0.2) is 12.1 Å². The Labute approximate surface area is 121 Å². The summed E-state index contributed by atoms with van der Waals surface area (Å²) >= 11 is 5.66. The van der Waals surface area contributed by atoms with Crippen LogP contribution in [0.1, 0.15) is 61.5 Å². The predicted molar refractivity (Wildman–Crippen MR) is 80.7 cm³/mol. The van der Waals surface area contributed by atoms with E-state index in [-0.39, 0.29) is 11.9 Å². The maximum Gasteiger partial charge on any atom is 0.164 e. The fourth-order valence-corrected chi connectivity index (χ4v) is 2.20. The molecule has 0 saturated heterocycles. The molecular formula is C16H23ClO2. The molecule has 106 valence electrons. The van der Waals surface area contributed by atoms with Crippen LogP contribution in [0.2, 0.25) is 0 Å². The summed E-state index contributed by atoms with van der Waals surface area (Å²) < 4.78 is 5.84. The lowest BCUT2D eigenvalue weighted by atomic mass is 9.94. The van der Waals surface area contributed by atoms with Crippen molar-refractivity contribution in [2.75, 3.05) is 5.88 Å². The van der Waals surface area contributed by atoms with E-state index in [0.29, 0.717) is 18.2 Å². The Morgan fingerprint density at radius 3 is 2.37 bits per heavy atom. The Hall–Kier alpha value is -1.02. The molecule has 1 aromatic carbocycles. The molecule has 1 rings (SSSR count). The minimum Gasteiger partial charge on any atom is -0.491 e. The van der Waals surface area contributed by atoms with Gasteiger partial charge in [-0.25, -0.2) is 0 Å². The lowest BCUT2D eigenvalue weighted by molar-refractivity contribution is 0.0988. The average molecular weight is 283 g/mol. The van der Waals surface area contributed by atoms with Crippen molar-refractivity contribution in [3.63, 3.8) is 0 Å². The van der Waals surface area contributed by atoms with Crippen molar-refractivity contribution in [2.45, 2.75) is 53.1 Å². The third-order valence-electron chi connectivity index (χ3n) is 2.96. The van der Waals surface area contributed by atoms with E-state index < -0.39 is 0 Å². The number of carbonyl (C=O) groups excluding carboxylic acids is 1. The Kier molecular flexibility index (Phi) is 5.86. The molecule has 3 heteroatoms. The molecule has 0 aromatic heterocycles. The molecule has 1 aromatic rings. The molecule has 0 aliphatic heterocycles. The highest BCUT2D eigenvalue weighted by Crippen LogP contribution is 2.31. The van der Waals surface area contributed by atoms with E-state index >= 15 is 0 Å². The molecule has 0 aliphatic carbocycles. The number of benzene rings is 1. The van der Waals surface area contributed by atoms with Crippen LogP contribution in [0.4, 0.5) is 0 Å². The van der Waals surface area contributed by atoms with Crippen molar-refractivity contribution >= 4 is 17.4 Å². The Morgan fingerprint density at radius 2 is 1.89 bits per heavy atom. The second kappa shape index (κ2) is 6.95. The minimum atomic E-state index is 0.102. The number of carbonyl (C=O) groups is 1. The largest absolute Gasteiger partial charge is 0.491 e. The molecule has 0 aliphatic rings. The van der Waals surface area contributed by atoms with Crippen LogP contribution in [0.25, 0.3) is 0 Å². The highest BCUT2D eigenvalue weighted by Gasteiger charge is 2.16. The van der Waals surface area contributed by atoms with Crippen LogP contribution < -0.4 is 4.74 Å². The van der Waals surface area contributed by atoms with E-state index in [1.807, 2.05) is 32.9 Å². The summed E-state index contributed by atoms with van der Waals surface area (Å²) in [5.74, 6) is 1.66. The quantitative estimate of drug-likeness (QED) is 0.557. The molecule has 0 atom stereocenters. The summed E-state index contributed by atoms with van der Waals surface area (Å²) in [5.41, 5.74) is 2.80. The molecule has 0 spiro atoms. The number of ketones is 1. The van der Waals surface area contributed by atoms with Crippen LogP contribution in [0, 0.1) is 6.92 Å². The van der Waals surface area contributed by atoms with Gasteiger partial charge in [0.1, 0.15) is 5.75 Å². The van der Waals surface area contributed by atoms with E-state index in [9.17, 15) is 4.79 Å². The molecule has 0 N–H and O–H groups in total. The summed E-state index contributed by atoms with van der Waals surface area (Å²) in [7, 11) is 0. The number of aryl methyl sites for hydroxylation is 1. The van der Waals surface area contributed by atoms with Gasteiger partial charge in [0.2, 0.25) is 0 Å². The second-order valence-electron chi connectivity index (χ2n) is 5.39. The molecule has 2 nitrogen and oxygen atoms in total. The minimum absolute atomic E-state index is 0.102. The topological polar surface area (TPSA) is 26.3 Å².